The highest BCUT2D eigenvalue weighted by atomic mass is 79.9. The average Bonchev–Trinajstić information content (AvgIpc) is 2.46. The first-order chi connectivity index (χ1) is 10.1. The summed E-state index contributed by atoms with van der Waals surface area (Å²) in [4.78, 5) is 23.0. The van der Waals surface area contributed by atoms with Gasteiger partial charge in [-0.2, -0.15) is 0 Å². The molecule has 0 fully saturated rings. The molecule has 2 amide bonds. The van der Waals surface area contributed by atoms with E-state index >= 15 is 0 Å². The van der Waals surface area contributed by atoms with E-state index in [-0.39, 0.29) is 12.5 Å². The van der Waals surface area contributed by atoms with Crippen LogP contribution in [0.1, 0.15) is 10.4 Å². The van der Waals surface area contributed by atoms with Crippen molar-refractivity contribution in [1.29, 1.82) is 0 Å². The van der Waals surface area contributed by atoms with E-state index in [0.717, 1.165) is 10.2 Å². The molecule has 0 radical (unpaired) electrons. The predicted molar refractivity (Wildman–Crippen MR) is 86.2 cm³/mol. The Kier molecular flexibility index (Phi) is 4.94. The van der Waals surface area contributed by atoms with Crippen molar-refractivity contribution in [2.24, 2.45) is 5.73 Å². The molecule has 0 heterocycles. The maximum absolute atomic E-state index is 11.9. The summed E-state index contributed by atoms with van der Waals surface area (Å²) in [5.41, 5.74) is 6.91. The van der Waals surface area contributed by atoms with Gasteiger partial charge >= 0.3 is 0 Å². The second-order valence-corrected chi connectivity index (χ2v) is 5.18. The number of rotatable bonds is 5. The number of hydrogen-bond donors (Lipinski definition) is 3. The summed E-state index contributed by atoms with van der Waals surface area (Å²) in [6.45, 7) is 0.114. The van der Waals surface area contributed by atoms with Crippen molar-refractivity contribution in [1.82, 2.24) is 0 Å². The minimum Gasteiger partial charge on any atom is -0.375 e. The molecule has 6 heteroatoms. The van der Waals surface area contributed by atoms with E-state index in [1.165, 1.54) is 0 Å². The van der Waals surface area contributed by atoms with Gasteiger partial charge in [0, 0.05) is 21.4 Å². The summed E-state index contributed by atoms with van der Waals surface area (Å²) < 4.78 is 0.883. The van der Waals surface area contributed by atoms with Crippen LogP contribution in [0.25, 0.3) is 0 Å². The van der Waals surface area contributed by atoms with Crippen LogP contribution in [0, 0.1) is 0 Å². The third kappa shape index (κ3) is 4.32. The zero-order valence-electron chi connectivity index (χ0n) is 11.1. The Morgan fingerprint density at radius 3 is 2.57 bits per heavy atom. The highest BCUT2D eigenvalue weighted by Crippen LogP contribution is 2.20. The number of nitrogens with two attached hydrogens (primary N) is 1. The summed E-state index contributed by atoms with van der Waals surface area (Å²) >= 11 is 3.39. The molecular formula is C15H14BrN3O2. The molecule has 5 nitrogen and oxygen atoms in total. The third-order valence-electron chi connectivity index (χ3n) is 2.74. The molecule has 0 saturated carbocycles. The lowest BCUT2D eigenvalue weighted by Crippen LogP contribution is -2.22. The topological polar surface area (TPSA) is 84.2 Å². The maximum Gasteiger partial charge on any atom is 0.248 e. The van der Waals surface area contributed by atoms with E-state index in [9.17, 15) is 9.59 Å². The minimum atomic E-state index is -0.530. The summed E-state index contributed by atoms with van der Waals surface area (Å²) in [6, 6.07) is 14.0. The minimum absolute atomic E-state index is 0.114. The highest BCUT2D eigenvalue weighted by molar-refractivity contribution is 9.10. The van der Waals surface area contributed by atoms with Gasteiger partial charge in [0.05, 0.1) is 6.54 Å². The molecule has 0 aliphatic carbocycles. The molecular weight excluding hydrogens is 334 g/mol. The Balaban J connectivity index is 1.95. The van der Waals surface area contributed by atoms with Crippen LogP contribution < -0.4 is 16.4 Å². The third-order valence-corrected chi connectivity index (χ3v) is 3.44. The summed E-state index contributed by atoms with van der Waals surface area (Å²) in [7, 11) is 0. The van der Waals surface area contributed by atoms with Gasteiger partial charge in [-0.15, -0.1) is 0 Å². The molecule has 0 bridgehead atoms. The number of para-hydroxylation sites is 1. The van der Waals surface area contributed by atoms with E-state index in [1.807, 2.05) is 24.3 Å². The van der Waals surface area contributed by atoms with Crippen molar-refractivity contribution in [3.05, 3.63) is 58.6 Å². The predicted octanol–water partition coefficient (Wildman–Crippen LogP) is 2.60. The Morgan fingerprint density at radius 2 is 1.86 bits per heavy atom. The standard InChI is InChI=1S/C15H14BrN3O2/c16-12-6-1-2-7-13(12)18-9-14(20)19-11-5-3-4-10(8-11)15(17)21/h1-8,18H,9H2,(H2,17,21)(H,19,20). The molecule has 0 aliphatic rings. The van der Waals surface area contributed by atoms with Crippen LogP contribution in [0.3, 0.4) is 0 Å². The van der Waals surface area contributed by atoms with Gasteiger partial charge in [-0.3, -0.25) is 9.59 Å². The molecule has 2 aromatic carbocycles. The molecule has 0 unspecified atom stereocenters. The van der Waals surface area contributed by atoms with Gasteiger partial charge in [-0.1, -0.05) is 18.2 Å². The molecule has 0 spiro atoms. The highest BCUT2D eigenvalue weighted by Gasteiger charge is 2.06. The van der Waals surface area contributed by atoms with Crippen LogP contribution in [0.15, 0.2) is 53.0 Å². The van der Waals surface area contributed by atoms with Gasteiger partial charge in [0.1, 0.15) is 0 Å². The fourth-order valence-corrected chi connectivity index (χ4v) is 2.16. The Bertz CT molecular complexity index is 673. The van der Waals surface area contributed by atoms with E-state index in [2.05, 4.69) is 26.6 Å². The number of hydrogen-bond acceptors (Lipinski definition) is 3. The SMILES string of the molecule is NC(=O)c1cccc(NC(=O)CNc2ccccc2Br)c1. The van der Waals surface area contributed by atoms with Crippen LogP contribution in [-0.4, -0.2) is 18.4 Å². The van der Waals surface area contributed by atoms with Crippen LogP contribution in [0.4, 0.5) is 11.4 Å². The van der Waals surface area contributed by atoms with Crippen molar-refractivity contribution >= 4 is 39.1 Å². The lowest BCUT2D eigenvalue weighted by Gasteiger charge is -2.09. The molecule has 0 saturated heterocycles. The number of halogens is 1. The van der Waals surface area contributed by atoms with Crippen molar-refractivity contribution in [3.8, 4) is 0 Å². The second-order valence-electron chi connectivity index (χ2n) is 4.33. The molecule has 0 aromatic heterocycles. The summed E-state index contributed by atoms with van der Waals surface area (Å²) in [5, 5.41) is 5.72. The van der Waals surface area contributed by atoms with Crippen LogP contribution in [-0.2, 0) is 4.79 Å². The smallest absolute Gasteiger partial charge is 0.248 e. The number of amides is 2. The van der Waals surface area contributed by atoms with Crippen LogP contribution in [0.5, 0.6) is 0 Å². The van der Waals surface area contributed by atoms with Crippen molar-refractivity contribution in [3.63, 3.8) is 0 Å². The quantitative estimate of drug-likeness (QED) is 0.777. The fourth-order valence-electron chi connectivity index (χ4n) is 1.74. The van der Waals surface area contributed by atoms with Gasteiger partial charge in [-0.25, -0.2) is 0 Å². The number of carbonyl (C=O) groups is 2. The Labute approximate surface area is 130 Å². The van der Waals surface area contributed by atoms with Crippen molar-refractivity contribution < 1.29 is 9.59 Å². The number of primary amides is 1. The van der Waals surface area contributed by atoms with Crippen molar-refractivity contribution in [2.45, 2.75) is 0 Å². The van der Waals surface area contributed by atoms with Gasteiger partial charge in [0.15, 0.2) is 0 Å². The number of benzene rings is 2. The van der Waals surface area contributed by atoms with E-state index in [4.69, 9.17) is 5.73 Å². The van der Waals surface area contributed by atoms with Gasteiger partial charge in [0.2, 0.25) is 11.8 Å². The average molecular weight is 348 g/mol. The first-order valence-electron chi connectivity index (χ1n) is 6.24. The van der Waals surface area contributed by atoms with E-state index < -0.39 is 5.91 Å². The lowest BCUT2D eigenvalue weighted by atomic mass is 10.2. The monoisotopic (exact) mass is 347 g/mol. The molecule has 2 rings (SSSR count). The number of carbonyl (C=O) groups excluding carboxylic acids is 2. The first-order valence-corrected chi connectivity index (χ1v) is 7.03. The fraction of sp³-hybridized carbons (Fsp3) is 0.0667. The molecule has 21 heavy (non-hydrogen) atoms. The largest absolute Gasteiger partial charge is 0.375 e. The normalized spacial score (nSPS) is 9.95. The zero-order valence-corrected chi connectivity index (χ0v) is 12.7. The Hall–Kier alpha value is -2.34. The molecule has 4 N–H and O–H groups in total. The van der Waals surface area contributed by atoms with E-state index in [1.54, 1.807) is 24.3 Å². The molecule has 0 aliphatic heterocycles. The Morgan fingerprint density at radius 1 is 1.10 bits per heavy atom. The van der Waals surface area contributed by atoms with Gasteiger partial charge in [0.25, 0.3) is 0 Å². The summed E-state index contributed by atoms with van der Waals surface area (Å²) in [5.74, 6) is -0.746. The van der Waals surface area contributed by atoms with Crippen LogP contribution >= 0.6 is 15.9 Å². The molecule has 108 valence electrons. The lowest BCUT2D eigenvalue weighted by molar-refractivity contribution is -0.114. The summed E-state index contributed by atoms with van der Waals surface area (Å²) in [6.07, 6.45) is 0. The second kappa shape index (κ2) is 6.90. The van der Waals surface area contributed by atoms with Gasteiger partial charge in [-0.05, 0) is 46.3 Å². The number of anilines is 2. The zero-order chi connectivity index (χ0) is 15.2. The van der Waals surface area contributed by atoms with Crippen molar-refractivity contribution in [2.75, 3.05) is 17.2 Å². The molecule has 2 aromatic rings. The van der Waals surface area contributed by atoms with Gasteiger partial charge < -0.3 is 16.4 Å². The van der Waals surface area contributed by atoms with Crippen LogP contribution in [0.2, 0.25) is 0 Å². The van der Waals surface area contributed by atoms with E-state index in [0.29, 0.717) is 11.3 Å². The molecule has 0 atom stereocenters. The number of nitrogens with one attached hydrogen (secondary N) is 2. The maximum atomic E-state index is 11.9. The first kappa shape index (κ1) is 15.1.